The van der Waals surface area contributed by atoms with E-state index in [1.54, 1.807) is 7.11 Å². The Hall–Kier alpha value is -1.72. The van der Waals surface area contributed by atoms with E-state index < -0.39 is 5.97 Å². The molecule has 1 saturated carbocycles. The van der Waals surface area contributed by atoms with E-state index in [4.69, 9.17) is 4.74 Å². The summed E-state index contributed by atoms with van der Waals surface area (Å²) in [5, 5.41) is 10.3. The van der Waals surface area contributed by atoms with E-state index in [9.17, 15) is 9.90 Å². The highest BCUT2D eigenvalue weighted by molar-refractivity contribution is 7.13. The fraction of sp³-hybridized carbons (Fsp3) is 0.375. The van der Waals surface area contributed by atoms with Gasteiger partial charge in [0.2, 0.25) is 0 Å². The van der Waals surface area contributed by atoms with Gasteiger partial charge in [0.25, 0.3) is 0 Å². The van der Waals surface area contributed by atoms with Crippen LogP contribution in [-0.2, 0) is 16.8 Å². The minimum Gasteiger partial charge on any atom is -0.477 e. The number of carboxylic acids is 1. The lowest BCUT2D eigenvalue weighted by molar-refractivity contribution is 0.0697. The monoisotopic (exact) mass is 303 g/mol. The van der Waals surface area contributed by atoms with Gasteiger partial charge in [-0.15, -0.1) is 11.3 Å². The fourth-order valence-electron chi connectivity index (χ4n) is 2.87. The highest BCUT2D eigenvalue weighted by Crippen LogP contribution is 2.50. The minimum atomic E-state index is -0.923. The van der Waals surface area contributed by atoms with Crippen LogP contribution < -0.4 is 0 Å². The van der Waals surface area contributed by atoms with Gasteiger partial charge in [-0.25, -0.2) is 9.78 Å². The van der Waals surface area contributed by atoms with E-state index in [0.29, 0.717) is 10.6 Å². The molecule has 3 rings (SSSR count). The zero-order valence-corrected chi connectivity index (χ0v) is 12.7. The number of ether oxygens (including phenoxy) is 1. The van der Waals surface area contributed by atoms with Gasteiger partial charge in [0, 0.05) is 12.5 Å². The molecule has 4 nitrogen and oxygen atoms in total. The number of hydrogen-bond acceptors (Lipinski definition) is 4. The van der Waals surface area contributed by atoms with Crippen molar-refractivity contribution in [2.24, 2.45) is 0 Å². The maximum Gasteiger partial charge on any atom is 0.347 e. The predicted molar refractivity (Wildman–Crippen MR) is 80.9 cm³/mol. The Morgan fingerprint density at radius 3 is 2.62 bits per heavy atom. The Morgan fingerprint density at radius 1 is 1.38 bits per heavy atom. The average molecular weight is 303 g/mol. The van der Waals surface area contributed by atoms with E-state index in [0.717, 1.165) is 24.3 Å². The molecule has 0 aliphatic heterocycles. The van der Waals surface area contributed by atoms with Crippen molar-refractivity contribution < 1.29 is 14.6 Å². The molecule has 0 atom stereocenters. The number of methoxy groups -OCH3 is 1. The topological polar surface area (TPSA) is 59.4 Å². The number of nitrogens with zero attached hydrogens (tertiary/aromatic N) is 1. The fourth-order valence-corrected chi connectivity index (χ4v) is 4.05. The number of benzene rings is 1. The zero-order valence-electron chi connectivity index (χ0n) is 11.8. The van der Waals surface area contributed by atoms with Gasteiger partial charge in [-0.3, -0.25) is 0 Å². The molecule has 21 heavy (non-hydrogen) atoms. The second-order valence-corrected chi connectivity index (χ2v) is 6.33. The van der Waals surface area contributed by atoms with Gasteiger partial charge >= 0.3 is 5.97 Å². The van der Waals surface area contributed by atoms with E-state index in [-0.39, 0.29) is 12.0 Å². The molecular formula is C16H17NO3S. The molecule has 1 N–H and O–H groups in total. The number of aromatic nitrogens is 1. The smallest absolute Gasteiger partial charge is 0.347 e. The van der Waals surface area contributed by atoms with Gasteiger partial charge in [-0.05, 0) is 18.4 Å². The summed E-state index contributed by atoms with van der Waals surface area (Å²) in [6.45, 7) is 0.239. The molecular weight excluding hydrogens is 286 g/mol. The van der Waals surface area contributed by atoms with Gasteiger partial charge < -0.3 is 9.84 Å². The van der Waals surface area contributed by atoms with E-state index in [1.807, 2.05) is 18.2 Å². The van der Waals surface area contributed by atoms with Crippen LogP contribution in [0.4, 0.5) is 0 Å². The number of carboxylic acid groups (broad SMARTS) is 1. The second-order valence-electron chi connectivity index (χ2n) is 5.33. The van der Waals surface area contributed by atoms with Crippen LogP contribution >= 0.6 is 11.3 Å². The summed E-state index contributed by atoms with van der Waals surface area (Å²) in [5.74, 6) is -0.923. The summed E-state index contributed by atoms with van der Waals surface area (Å²) in [4.78, 5) is 16.3. The molecule has 0 spiro atoms. The first-order chi connectivity index (χ1) is 10.2. The predicted octanol–water partition coefficient (Wildman–Crippen LogP) is 3.46. The van der Waals surface area contributed by atoms with Gasteiger partial charge in [0.1, 0.15) is 9.88 Å². The molecule has 0 amide bonds. The molecule has 1 fully saturated rings. The SMILES string of the molecule is COCc1nc(C2(c3ccccc3)CCC2)sc1C(=O)O. The van der Waals surface area contributed by atoms with Crippen molar-refractivity contribution in [1.29, 1.82) is 0 Å². The summed E-state index contributed by atoms with van der Waals surface area (Å²) < 4.78 is 5.08. The highest BCUT2D eigenvalue weighted by Gasteiger charge is 2.43. The van der Waals surface area contributed by atoms with Crippen molar-refractivity contribution >= 4 is 17.3 Å². The third kappa shape index (κ3) is 2.36. The summed E-state index contributed by atoms with van der Waals surface area (Å²) in [6, 6.07) is 10.3. The van der Waals surface area contributed by atoms with Crippen LogP contribution in [-0.4, -0.2) is 23.2 Å². The molecule has 0 bridgehead atoms. The standard InChI is InChI=1S/C16H17NO3S/c1-20-10-12-13(14(18)19)21-15(17-12)16(8-5-9-16)11-6-3-2-4-7-11/h2-4,6-7H,5,8-10H2,1H3,(H,18,19). The quantitative estimate of drug-likeness (QED) is 0.919. The molecule has 1 aliphatic rings. The average Bonchev–Trinajstić information content (AvgIpc) is 2.84. The van der Waals surface area contributed by atoms with E-state index >= 15 is 0 Å². The first-order valence-corrected chi connectivity index (χ1v) is 7.77. The van der Waals surface area contributed by atoms with Gasteiger partial charge in [-0.2, -0.15) is 0 Å². The molecule has 2 aromatic rings. The molecule has 1 heterocycles. The van der Waals surface area contributed by atoms with Crippen molar-refractivity contribution in [3.8, 4) is 0 Å². The Balaban J connectivity index is 2.06. The number of rotatable bonds is 5. The summed E-state index contributed by atoms with van der Waals surface area (Å²) >= 11 is 1.29. The summed E-state index contributed by atoms with van der Waals surface area (Å²) in [5.41, 5.74) is 1.65. The van der Waals surface area contributed by atoms with Crippen LogP contribution in [0, 0.1) is 0 Å². The molecule has 0 saturated heterocycles. The first kappa shape index (κ1) is 14.2. The molecule has 5 heteroatoms. The summed E-state index contributed by atoms with van der Waals surface area (Å²) in [6.07, 6.45) is 3.20. The van der Waals surface area contributed by atoms with Crippen LogP contribution in [0.1, 0.15) is 45.2 Å². The number of aromatic carboxylic acids is 1. The third-order valence-corrected chi connectivity index (χ3v) is 5.41. The van der Waals surface area contributed by atoms with Gasteiger partial charge in [-0.1, -0.05) is 36.8 Å². The van der Waals surface area contributed by atoms with Gasteiger partial charge in [0.05, 0.1) is 12.3 Å². The molecule has 0 unspecified atom stereocenters. The lowest BCUT2D eigenvalue weighted by atomic mass is 9.65. The Morgan fingerprint density at radius 2 is 2.10 bits per heavy atom. The highest BCUT2D eigenvalue weighted by atomic mass is 32.1. The van der Waals surface area contributed by atoms with Crippen molar-refractivity contribution in [3.05, 3.63) is 51.5 Å². The van der Waals surface area contributed by atoms with Crippen molar-refractivity contribution in [1.82, 2.24) is 4.98 Å². The number of carbonyl (C=O) groups is 1. The van der Waals surface area contributed by atoms with Gasteiger partial charge in [0.15, 0.2) is 0 Å². The van der Waals surface area contributed by atoms with Crippen LogP contribution in [0.3, 0.4) is 0 Å². The third-order valence-electron chi connectivity index (χ3n) is 4.12. The largest absolute Gasteiger partial charge is 0.477 e. The zero-order chi connectivity index (χ0) is 14.9. The van der Waals surface area contributed by atoms with Crippen molar-refractivity contribution in [2.45, 2.75) is 31.3 Å². The molecule has 1 aromatic heterocycles. The number of thiazole rings is 1. The first-order valence-electron chi connectivity index (χ1n) is 6.95. The molecule has 1 aliphatic carbocycles. The van der Waals surface area contributed by atoms with Crippen LogP contribution in [0.2, 0.25) is 0 Å². The molecule has 110 valence electrons. The number of hydrogen-bond donors (Lipinski definition) is 1. The van der Waals surface area contributed by atoms with Crippen LogP contribution in [0.25, 0.3) is 0 Å². The molecule has 1 aromatic carbocycles. The minimum absolute atomic E-state index is 0.109. The lowest BCUT2D eigenvalue weighted by Gasteiger charge is -2.40. The van der Waals surface area contributed by atoms with Crippen LogP contribution in [0.15, 0.2) is 30.3 Å². The van der Waals surface area contributed by atoms with E-state index in [2.05, 4.69) is 17.1 Å². The van der Waals surface area contributed by atoms with Crippen molar-refractivity contribution in [2.75, 3.05) is 7.11 Å². The normalized spacial score (nSPS) is 16.4. The maximum atomic E-state index is 11.4. The molecule has 0 radical (unpaired) electrons. The van der Waals surface area contributed by atoms with E-state index in [1.165, 1.54) is 16.9 Å². The Bertz CT molecular complexity index is 647. The van der Waals surface area contributed by atoms with Crippen molar-refractivity contribution in [3.63, 3.8) is 0 Å². The Kier molecular flexibility index (Phi) is 3.78. The van der Waals surface area contributed by atoms with Crippen LogP contribution in [0.5, 0.6) is 0 Å². The Labute approximate surface area is 127 Å². The maximum absolute atomic E-state index is 11.4. The lowest BCUT2D eigenvalue weighted by Crippen LogP contribution is -2.35. The summed E-state index contributed by atoms with van der Waals surface area (Å²) in [7, 11) is 1.56. The second kappa shape index (κ2) is 5.58.